The van der Waals surface area contributed by atoms with Crippen LogP contribution in [0.5, 0.6) is 0 Å². The van der Waals surface area contributed by atoms with E-state index in [1.165, 1.54) is 109 Å². The quantitative estimate of drug-likeness (QED) is 0.0337. The molecule has 402 valence electrons. The molecule has 8 nitrogen and oxygen atoms in total. The Morgan fingerprint density at radius 1 is 0.250 bits per heavy atom. The minimum atomic E-state index is -0.0787. The Bertz CT molecular complexity index is 1090. The van der Waals surface area contributed by atoms with Crippen molar-refractivity contribution in [2.75, 3.05) is 13.2 Å². The minimum Gasteiger partial charge on any atom is -0.466 e. The van der Waals surface area contributed by atoms with Gasteiger partial charge in [0.25, 0.3) is 0 Å². The Hall–Kier alpha value is -2.12. The lowest BCUT2D eigenvalue weighted by molar-refractivity contribution is -0.151. The summed E-state index contributed by atoms with van der Waals surface area (Å²) in [4.78, 5) is 49.6. The highest BCUT2D eigenvalue weighted by Gasteiger charge is 2.16. The van der Waals surface area contributed by atoms with Crippen molar-refractivity contribution in [1.82, 2.24) is 0 Å². The molecule has 0 saturated heterocycles. The molecule has 0 radical (unpaired) electrons. The molecule has 0 fully saturated rings. The molecule has 0 aliphatic rings. The van der Waals surface area contributed by atoms with E-state index < -0.39 is 0 Å². The summed E-state index contributed by atoms with van der Waals surface area (Å²) in [5, 5.41) is 0. The summed E-state index contributed by atoms with van der Waals surface area (Å²) in [5.74, 6) is -0.159. The second kappa shape index (κ2) is 54.2. The molecule has 2 unspecified atom stereocenters. The zero-order chi connectivity index (χ0) is 49.6. The summed E-state index contributed by atoms with van der Waals surface area (Å²) in [6, 6.07) is 0. The van der Waals surface area contributed by atoms with E-state index in [2.05, 4.69) is 27.7 Å². The van der Waals surface area contributed by atoms with Crippen molar-refractivity contribution in [2.45, 2.75) is 348 Å². The van der Waals surface area contributed by atoms with Gasteiger partial charge in [0.15, 0.2) is 0 Å². The highest BCUT2D eigenvalue weighted by molar-refractivity contribution is 5.70. The number of carbonyl (C=O) groups is 4. The van der Waals surface area contributed by atoms with Crippen LogP contribution < -0.4 is 0 Å². The van der Waals surface area contributed by atoms with E-state index in [4.69, 9.17) is 18.9 Å². The molecule has 0 heterocycles. The van der Waals surface area contributed by atoms with Crippen molar-refractivity contribution in [3.63, 3.8) is 0 Å². The first-order chi connectivity index (χ1) is 33.4. The number of ether oxygens (including phenoxy) is 4. The lowest BCUT2D eigenvalue weighted by Crippen LogP contribution is -2.18. The zero-order valence-electron chi connectivity index (χ0n) is 45.8. The lowest BCUT2D eigenvalue weighted by Gasteiger charge is -2.18. The van der Waals surface area contributed by atoms with Crippen LogP contribution in [0.2, 0.25) is 0 Å². The van der Waals surface area contributed by atoms with Gasteiger partial charge >= 0.3 is 23.9 Å². The molecular weight excluding hydrogens is 849 g/mol. The second-order valence-corrected chi connectivity index (χ2v) is 20.5. The molecule has 0 saturated carbocycles. The van der Waals surface area contributed by atoms with Crippen LogP contribution in [0.3, 0.4) is 0 Å². The average molecular weight is 964 g/mol. The molecule has 0 N–H and O–H groups in total. The Labute approximate surface area is 421 Å². The van der Waals surface area contributed by atoms with Crippen molar-refractivity contribution >= 4 is 23.9 Å². The standard InChI is InChI=1S/C60H114O8/c1-5-9-13-17-19-28-36-46-56(68-60(64)52-42-26-16-12-8-4)48-38-30-24-32-40-50-58(62)66-54-44-34-23-22-33-43-53-65-57(61)49-39-31-21-20-29-37-47-55(45-35-27-18-14-10-6-2)67-59(63)51-41-25-15-11-7-3/h55-56H,5-54H2,1-4H3. The minimum absolute atomic E-state index is 0.000247. The zero-order valence-corrected chi connectivity index (χ0v) is 45.8. The topological polar surface area (TPSA) is 105 Å². The molecule has 0 aliphatic carbocycles. The van der Waals surface area contributed by atoms with E-state index in [-0.39, 0.29) is 36.1 Å². The van der Waals surface area contributed by atoms with Crippen molar-refractivity contribution < 1.29 is 38.1 Å². The Morgan fingerprint density at radius 3 is 0.721 bits per heavy atom. The molecule has 0 amide bonds. The van der Waals surface area contributed by atoms with Crippen LogP contribution in [-0.2, 0) is 38.1 Å². The Balaban J connectivity index is 3.89. The van der Waals surface area contributed by atoms with E-state index >= 15 is 0 Å². The molecule has 0 spiro atoms. The Kier molecular flexibility index (Phi) is 52.5. The predicted octanol–water partition coefficient (Wildman–Crippen LogP) is 18.7. The summed E-state index contributed by atoms with van der Waals surface area (Å²) in [7, 11) is 0. The lowest BCUT2D eigenvalue weighted by atomic mass is 10.0. The fourth-order valence-electron chi connectivity index (χ4n) is 9.19. The van der Waals surface area contributed by atoms with Gasteiger partial charge in [-0.2, -0.15) is 0 Å². The third kappa shape index (κ3) is 50.3. The van der Waals surface area contributed by atoms with Gasteiger partial charge in [0.1, 0.15) is 12.2 Å². The molecule has 0 aliphatic heterocycles. The first kappa shape index (κ1) is 65.9. The summed E-state index contributed by atoms with van der Waals surface area (Å²) in [6.07, 6.45) is 52.0. The number of carbonyl (C=O) groups excluding carboxylic acids is 4. The second-order valence-electron chi connectivity index (χ2n) is 20.5. The van der Waals surface area contributed by atoms with Gasteiger partial charge in [-0.25, -0.2) is 0 Å². The fraction of sp³-hybridized carbons (Fsp3) is 0.933. The molecule has 0 rings (SSSR count). The number of unbranched alkanes of at least 4 members (excludes halogenated alkanes) is 33. The van der Waals surface area contributed by atoms with Gasteiger partial charge in [0, 0.05) is 25.7 Å². The van der Waals surface area contributed by atoms with Crippen LogP contribution >= 0.6 is 0 Å². The monoisotopic (exact) mass is 963 g/mol. The molecular formula is C60H114O8. The summed E-state index contributed by atoms with van der Waals surface area (Å²) in [5.41, 5.74) is 0. The number of rotatable bonds is 55. The third-order valence-corrected chi connectivity index (χ3v) is 13.7. The number of esters is 4. The van der Waals surface area contributed by atoms with Crippen molar-refractivity contribution in [1.29, 1.82) is 0 Å². The van der Waals surface area contributed by atoms with Crippen LogP contribution in [0.1, 0.15) is 336 Å². The van der Waals surface area contributed by atoms with Crippen LogP contribution in [0, 0.1) is 0 Å². The summed E-state index contributed by atoms with van der Waals surface area (Å²) in [6.45, 7) is 9.95. The summed E-state index contributed by atoms with van der Waals surface area (Å²) < 4.78 is 22.9. The van der Waals surface area contributed by atoms with E-state index in [1.54, 1.807) is 0 Å². The van der Waals surface area contributed by atoms with E-state index in [0.717, 1.165) is 173 Å². The maximum Gasteiger partial charge on any atom is 0.306 e. The highest BCUT2D eigenvalue weighted by atomic mass is 16.6. The molecule has 0 aromatic carbocycles. The van der Waals surface area contributed by atoms with Crippen molar-refractivity contribution in [3.8, 4) is 0 Å². The third-order valence-electron chi connectivity index (χ3n) is 13.7. The first-order valence-corrected chi connectivity index (χ1v) is 30.1. The normalized spacial score (nSPS) is 12.2. The van der Waals surface area contributed by atoms with Crippen LogP contribution in [0.15, 0.2) is 0 Å². The van der Waals surface area contributed by atoms with Gasteiger partial charge in [0.2, 0.25) is 0 Å². The predicted molar refractivity (Wildman–Crippen MR) is 286 cm³/mol. The maximum absolute atomic E-state index is 12.6. The van der Waals surface area contributed by atoms with Gasteiger partial charge in [-0.3, -0.25) is 19.2 Å². The molecule has 0 aromatic heterocycles. The van der Waals surface area contributed by atoms with Crippen molar-refractivity contribution in [3.05, 3.63) is 0 Å². The highest BCUT2D eigenvalue weighted by Crippen LogP contribution is 2.21. The summed E-state index contributed by atoms with van der Waals surface area (Å²) >= 11 is 0. The smallest absolute Gasteiger partial charge is 0.306 e. The largest absolute Gasteiger partial charge is 0.466 e. The molecule has 68 heavy (non-hydrogen) atoms. The average Bonchev–Trinajstić information content (AvgIpc) is 3.32. The SMILES string of the molecule is CCCCCCCCCC(CCCCCCCC(=O)OCCCCCCCCOC(=O)CCCCCCCCC(CCCCCCCC)OC(=O)CCCCCCC)OC(=O)CCCCCCC. The van der Waals surface area contributed by atoms with E-state index in [1.807, 2.05) is 0 Å². The molecule has 0 bridgehead atoms. The van der Waals surface area contributed by atoms with Crippen LogP contribution in [-0.4, -0.2) is 49.3 Å². The number of hydrogen-bond donors (Lipinski definition) is 0. The van der Waals surface area contributed by atoms with Gasteiger partial charge in [-0.05, 0) is 89.9 Å². The van der Waals surface area contributed by atoms with Gasteiger partial charge in [0.05, 0.1) is 13.2 Å². The Morgan fingerprint density at radius 2 is 0.456 bits per heavy atom. The first-order valence-electron chi connectivity index (χ1n) is 30.1. The number of hydrogen-bond acceptors (Lipinski definition) is 8. The van der Waals surface area contributed by atoms with Crippen molar-refractivity contribution in [2.24, 2.45) is 0 Å². The van der Waals surface area contributed by atoms with Gasteiger partial charge in [-0.15, -0.1) is 0 Å². The van der Waals surface area contributed by atoms with E-state index in [0.29, 0.717) is 38.9 Å². The van der Waals surface area contributed by atoms with Crippen LogP contribution in [0.25, 0.3) is 0 Å². The fourth-order valence-corrected chi connectivity index (χ4v) is 9.19. The van der Waals surface area contributed by atoms with Crippen LogP contribution in [0.4, 0.5) is 0 Å². The van der Waals surface area contributed by atoms with Gasteiger partial charge in [-0.1, -0.05) is 220 Å². The molecule has 0 aromatic rings. The molecule has 2 atom stereocenters. The maximum atomic E-state index is 12.6. The van der Waals surface area contributed by atoms with E-state index in [9.17, 15) is 19.2 Å². The van der Waals surface area contributed by atoms with Gasteiger partial charge < -0.3 is 18.9 Å². The molecule has 8 heteroatoms.